The number of hydrogen-bond donors (Lipinski definition) is 1. The average Bonchev–Trinajstić information content (AvgIpc) is 2.12. The van der Waals surface area contributed by atoms with Crippen LogP contribution >= 0.6 is 15.9 Å². The van der Waals surface area contributed by atoms with E-state index in [9.17, 15) is 13.2 Å². The van der Waals surface area contributed by atoms with Gasteiger partial charge in [0, 0.05) is 5.33 Å². The Balaban J connectivity index is 3.11. The maximum atomic E-state index is 12.3. The molecule has 0 fully saturated rings. The van der Waals surface area contributed by atoms with E-state index < -0.39 is 11.7 Å². The highest BCUT2D eigenvalue weighted by Crippen LogP contribution is 2.32. The van der Waals surface area contributed by atoms with Gasteiger partial charge in [0.25, 0.3) is 0 Å². The zero-order valence-corrected chi connectivity index (χ0v) is 9.14. The zero-order chi connectivity index (χ0) is 11.5. The van der Waals surface area contributed by atoms with E-state index in [-0.39, 0.29) is 5.75 Å². The Morgan fingerprint density at radius 2 is 1.93 bits per heavy atom. The maximum Gasteiger partial charge on any atom is 0.416 e. The monoisotopic (exact) mass is 280 g/mol. The minimum atomic E-state index is -4.43. The molecule has 0 atom stereocenters. The Hall–Kier alpha value is -0.970. The molecule has 82 valence electrons. The number of halogens is 4. The Morgan fingerprint density at radius 3 is 2.47 bits per heavy atom. The van der Waals surface area contributed by atoms with E-state index in [1.54, 1.807) is 6.08 Å². The molecule has 0 saturated heterocycles. The maximum absolute atomic E-state index is 12.3. The number of aromatic hydroxyl groups is 1. The molecule has 0 aliphatic carbocycles. The van der Waals surface area contributed by atoms with E-state index in [1.807, 2.05) is 0 Å². The number of rotatable bonds is 2. The molecule has 0 aliphatic heterocycles. The van der Waals surface area contributed by atoms with Gasteiger partial charge >= 0.3 is 6.18 Å². The van der Waals surface area contributed by atoms with Gasteiger partial charge in [-0.3, -0.25) is 0 Å². The summed E-state index contributed by atoms with van der Waals surface area (Å²) in [5.41, 5.74) is -0.529. The van der Waals surface area contributed by atoms with E-state index in [1.165, 1.54) is 12.1 Å². The fraction of sp³-hybridized carbons (Fsp3) is 0.200. The van der Waals surface area contributed by atoms with E-state index in [0.717, 1.165) is 6.07 Å². The lowest BCUT2D eigenvalue weighted by atomic mass is 10.1. The third kappa shape index (κ3) is 3.58. The van der Waals surface area contributed by atoms with Crippen LogP contribution in [0.15, 0.2) is 24.3 Å². The van der Waals surface area contributed by atoms with Gasteiger partial charge in [0.2, 0.25) is 0 Å². The zero-order valence-electron chi connectivity index (χ0n) is 7.55. The molecule has 0 bridgehead atoms. The van der Waals surface area contributed by atoms with Crippen LogP contribution in [0.4, 0.5) is 13.2 Å². The molecule has 1 aromatic carbocycles. The minimum Gasteiger partial charge on any atom is -0.508 e. The summed E-state index contributed by atoms with van der Waals surface area (Å²) in [6.45, 7) is 0. The first-order chi connectivity index (χ1) is 6.93. The average molecular weight is 281 g/mol. The Bertz CT molecular complexity index is 371. The van der Waals surface area contributed by atoms with Crippen LogP contribution in [0.2, 0.25) is 0 Å². The van der Waals surface area contributed by atoms with Crippen LogP contribution in [-0.2, 0) is 6.18 Å². The molecule has 1 aromatic rings. The standard InChI is InChI=1S/C10H8BrF3O/c11-3-1-2-7-4-8(10(12,13)14)6-9(15)5-7/h1-2,4-6,15H,3H2. The summed E-state index contributed by atoms with van der Waals surface area (Å²) < 4.78 is 37.0. The molecule has 0 saturated carbocycles. The van der Waals surface area contributed by atoms with Crippen LogP contribution in [0.1, 0.15) is 11.1 Å². The molecule has 0 aliphatic rings. The predicted molar refractivity (Wildman–Crippen MR) is 55.9 cm³/mol. The quantitative estimate of drug-likeness (QED) is 0.817. The molecule has 1 N–H and O–H groups in total. The molecule has 0 unspecified atom stereocenters. The SMILES string of the molecule is Oc1cc(C=CCBr)cc(C(F)(F)F)c1. The molecule has 0 amide bonds. The van der Waals surface area contributed by atoms with Crippen molar-refractivity contribution < 1.29 is 18.3 Å². The van der Waals surface area contributed by atoms with Crippen LogP contribution < -0.4 is 0 Å². The highest BCUT2D eigenvalue weighted by molar-refractivity contribution is 9.09. The van der Waals surface area contributed by atoms with Gasteiger partial charge in [-0.2, -0.15) is 13.2 Å². The van der Waals surface area contributed by atoms with Crippen LogP contribution in [0, 0.1) is 0 Å². The second-order valence-electron chi connectivity index (χ2n) is 2.87. The summed E-state index contributed by atoms with van der Waals surface area (Å²) in [5, 5.41) is 9.66. The molecule has 5 heteroatoms. The lowest BCUT2D eigenvalue weighted by Crippen LogP contribution is -2.04. The van der Waals surface area contributed by atoms with Gasteiger partial charge in [0.15, 0.2) is 0 Å². The van der Waals surface area contributed by atoms with E-state index >= 15 is 0 Å². The van der Waals surface area contributed by atoms with E-state index in [2.05, 4.69) is 15.9 Å². The first kappa shape index (κ1) is 12.1. The highest BCUT2D eigenvalue weighted by Gasteiger charge is 2.31. The smallest absolute Gasteiger partial charge is 0.416 e. The first-order valence-electron chi connectivity index (χ1n) is 4.07. The first-order valence-corrected chi connectivity index (χ1v) is 5.19. The summed E-state index contributed by atoms with van der Waals surface area (Å²) in [5.74, 6) is -0.390. The highest BCUT2D eigenvalue weighted by atomic mass is 79.9. The van der Waals surface area contributed by atoms with Gasteiger partial charge in [-0.25, -0.2) is 0 Å². The lowest BCUT2D eigenvalue weighted by Gasteiger charge is -2.07. The van der Waals surface area contributed by atoms with Crippen LogP contribution in [0.25, 0.3) is 6.08 Å². The van der Waals surface area contributed by atoms with Crippen molar-refractivity contribution >= 4 is 22.0 Å². The molecule has 15 heavy (non-hydrogen) atoms. The van der Waals surface area contributed by atoms with Crippen LogP contribution in [0.3, 0.4) is 0 Å². The lowest BCUT2D eigenvalue weighted by molar-refractivity contribution is -0.137. The van der Waals surface area contributed by atoms with Crippen molar-refractivity contribution in [3.63, 3.8) is 0 Å². The number of phenols is 1. The molecular formula is C10H8BrF3O. The van der Waals surface area contributed by atoms with Crippen molar-refractivity contribution in [2.45, 2.75) is 6.18 Å². The van der Waals surface area contributed by atoms with Crippen molar-refractivity contribution in [3.8, 4) is 5.75 Å². The van der Waals surface area contributed by atoms with Crippen molar-refractivity contribution in [1.82, 2.24) is 0 Å². The van der Waals surface area contributed by atoms with Gasteiger partial charge in [-0.1, -0.05) is 28.1 Å². The third-order valence-corrected chi connectivity index (χ3v) is 2.04. The summed E-state index contributed by atoms with van der Waals surface area (Å²) >= 11 is 3.11. The van der Waals surface area contributed by atoms with Gasteiger partial charge < -0.3 is 5.11 Å². The second kappa shape index (κ2) is 4.70. The van der Waals surface area contributed by atoms with Gasteiger partial charge in [-0.15, -0.1) is 0 Å². The molecule has 1 rings (SSSR count). The number of benzene rings is 1. The van der Waals surface area contributed by atoms with E-state index in [4.69, 9.17) is 5.11 Å². The summed E-state index contributed by atoms with van der Waals surface area (Å²) in [6, 6.07) is 2.96. The Morgan fingerprint density at radius 1 is 1.27 bits per heavy atom. The fourth-order valence-corrected chi connectivity index (χ4v) is 1.26. The molecule has 1 nitrogen and oxygen atoms in total. The number of alkyl halides is 4. The van der Waals surface area contributed by atoms with Crippen LogP contribution in [-0.4, -0.2) is 10.4 Å². The second-order valence-corrected chi connectivity index (χ2v) is 3.52. The van der Waals surface area contributed by atoms with Crippen molar-refractivity contribution in [2.24, 2.45) is 0 Å². The minimum absolute atomic E-state index is 0.321. The van der Waals surface area contributed by atoms with E-state index in [0.29, 0.717) is 17.0 Å². The van der Waals surface area contributed by atoms with Crippen molar-refractivity contribution in [2.75, 3.05) is 5.33 Å². The van der Waals surface area contributed by atoms with Gasteiger partial charge in [0.1, 0.15) is 5.75 Å². The molecule has 0 spiro atoms. The number of hydrogen-bond acceptors (Lipinski definition) is 1. The summed E-state index contributed by atoms with van der Waals surface area (Å²) in [7, 11) is 0. The Kier molecular flexibility index (Phi) is 3.79. The summed E-state index contributed by atoms with van der Waals surface area (Å²) in [6.07, 6.45) is -1.28. The largest absolute Gasteiger partial charge is 0.508 e. The summed E-state index contributed by atoms with van der Waals surface area (Å²) in [4.78, 5) is 0. The third-order valence-electron chi connectivity index (χ3n) is 1.67. The van der Waals surface area contributed by atoms with Crippen LogP contribution in [0.5, 0.6) is 5.75 Å². The number of allylic oxidation sites excluding steroid dienone is 1. The molecular weight excluding hydrogens is 273 g/mol. The van der Waals surface area contributed by atoms with Crippen molar-refractivity contribution in [1.29, 1.82) is 0 Å². The predicted octanol–water partition coefficient (Wildman–Crippen LogP) is 3.82. The van der Waals surface area contributed by atoms with Crippen molar-refractivity contribution in [3.05, 3.63) is 35.4 Å². The van der Waals surface area contributed by atoms with Gasteiger partial charge in [0.05, 0.1) is 5.56 Å². The molecule has 0 aromatic heterocycles. The molecule has 0 heterocycles. The topological polar surface area (TPSA) is 20.2 Å². The van der Waals surface area contributed by atoms with Gasteiger partial charge in [-0.05, 0) is 23.8 Å². The number of phenolic OH excluding ortho intramolecular Hbond substituents is 1. The Labute approximate surface area is 93.4 Å². The fourth-order valence-electron chi connectivity index (χ4n) is 1.08. The normalized spacial score (nSPS) is 12.3. The molecule has 0 radical (unpaired) electrons.